The van der Waals surface area contributed by atoms with Gasteiger partial charge in [-0.3, -0.25) is 4.98 Å². The van der Waals surface area contributed by atoms with Crippen molar-refractivity contribution in [3.63, 3.8) is 0 Å². The van der Waals surface area contributed by atoms with Crippen LogP contribution in [0.5, 0.6) is 0 Å². The summed E-state index contributed by atoms with van der Waals surface area (Å²) in [6, 6.07) is 8.93. The summed E-state index contributed by atoms with van der Waals surface area (Å²) in [4.78, 5) is 4.71. The molecule has 1 N–H and O–H groups in total. The van der Waals surface area contributed by atoms with Crippen LogP contribution in [0.2, 0.25) is 0 Å². The van der Waals surface area contributed by atoms with Crippen LogP contribution in [0.4, 0.5) is 0 Å². The summed E-state index contributed by atoms with van der Waals surface area (Å²) in [6.45, 7) is 0. The average Bonchev–Trinajstić information content (AvgIpc) is 2.82. The molecule has 0 saturated carbocycles. The Hall–Kier alpha value is -1.70. The first-order chi connectivity index (χ1) is 7.31. The van der Waals surface area contributed by atoms with Gasteiger partial charge in [-0.15, -0.1) is 11.3 Å². The van der Waals surface area contributed by atoms with Crippen molar-refractivity contribution < 1.29 is 5.11 Å². The van der Waals surface area contributed by atoms with Crippen LogP contribution in [0, 0.1) is 11.3 Å². The van der Waals surface area contributed by atoms with Crippen molar-refractivity contribution in [2.24, 2.45) is 0 Å². The lowest BCUT2D eigenvalue weighted by Crippen LogP contribution is -1.96. The highest BCUT2D eigenvalue weighted by atomic mass is 32.1. The van der Waals surface area contributed by atoms with Crippen LogP contribution in [0.25, 0.3) is 0 Å². The lowest BCUT2D eigenvalue weighted by atomic mass is 10.1. The fraction of sp³-hybridized carbons (Fsp3) is 0.0909. The fourth-order valence-electron chi connectivity index (χ4n) is 1.26. The molecule has 0 aliphatic heterocycles. The molecule has 0 spiro atoms. The van der Waals surface area contributed by atoms with E-state index in [0.29, 0.717) is 5.56 Å². The smallest absolute Gasteiger partial charge is 0.115 e. The fourth-order valence-corrected chi connectivity index (χ4v) is 1.90. The lowest BCUT2D eigenvalue weighted by Gasteiger charge is -2.07. The molecular weight excluding hydrogens is 208 g/mol. The second-order valence-corrected chi connectivity index (χ2v) is 3.96. The molecule has 1 aromatic carbocycles. The predicted octanol–water partition coefficient (Wildman–Crippen LogP) is 2.10. The van der Waals surface area contributed by atoms with E-state index in [1.54, 1.807) is 36.0 Å². The number of hydrogen-bond acceptors (Lipinski definition) is 4. The van der Waals surface area contributed by atoms with Crippen LogP contribution >= 0.6 is 11.3 Å². The summed E-state index contributed by atoms with van der Waals surface area (Å²) >= 11 is 1.41. The topological polar surface area (TPSA) is 56.9 Å². The summed E-state index contributed by atoms with van der Waals surface area (Å²) < 4.78 is 0. The van der Waals surface area contributed by atoms with Crippen LogP contribution in [0.3, 0.4) is 0 Å². The largest absolute Gasteiger partial charge is 0.383 e. The highest BCUT2D eigenvalue weighted by molar-refractivity contribution is 7.09. The molecule has 15 heavy (non-hydrogen) atoms. The van der Waals surface area contributed by atoms with Crippen LogP contribution in [0.1, 0.15) is 22.1 Å². The molecule has 1 unspecified atom stereocenters. The van der Waals surface area contributed by atoms with E-state index in [-0.39, 0.29) is 0 Å². The van der Waals surface area contributed by atoms with E-state index in [0.717, 1.165) is 10.4 Å². The van der Waals surface area contributed by atoms with E-state index in [9.17, 15) is 5.11 Å². The van der Waals surface area contributed by atoms with Crippen molar-refractivity contribution in [1.29, 1.82) is 5.26 Å². The van der Waals surface area contributed by atoms with Gasteiger partial charge < -0.3 is 5.11 Å². The third kappa shape index (κ3) is 2.04. The first-order valence-electron chi connectivity index (χ1n) is 4.38. The van der Waals surface area contributed by atoms with Gasteiger partial charge in [-0.05, 0) is 17.7 Å². The normalized spacial score (nSPS) is 12.0. The van der Waals surface area contributed by atoms with Gasteiger partial charge >= 0.3 is 0 Å². The second kappa shape index (κ2) is 4.22. The van der Waals surface area contributed by atoms with Crippen molar-refractivity contribution in [2.75, 3.05) is 0 Å². The molecule has 1 atom stereocenters. The number of aromatic nitrogens is 1. The molecule has 0 radical (unpaired) electrons. The molecule has 1 heterocycles. The second-order valence-electron chi connectivity index (χ2n) is 3.04. The summed E-state index contributed by atoms with van der Waals surface area (Å²) in [5, 5.41) is 18.6. The van der Waals surface area contributed by atoms with Gasteiger partial charge in [-0.1, -0.05) is 12.1 Å². The van der Waals surface area contributed by atoms with Crippen LogP contribution < -0.4 is 0 Å². The molecule has 1 aromatic heterocycles. The van der Waals surface area contributed by atoms with Crippen molar-refractivity contribution >= 4 is 11.3 Å². The first kappa shape index (κ1) is 9.84. The van der Waals surface area contributed by atoms with Crippen molar-refractivity contribution in [2.45, 2.75) is 6.10 Å². The number of nitriles is 1. The Kier molecular flexibility index (Phi) is 2.77. The third-order valence-electron chi connectivity index (χ3n) is 2.08. The van der Waals surface area contributed by atoms with Crippen molar-refractivity contribution in [1.82, 2.24) is 4.98 Å². The Balaban J connectivity index is 2.27. The maximum atomic E-state index is 9.93. The Morgan fingerprint density at radius 2 is 2.07 bits per heavy atom. The minimum atomic E-state index is -0.648. The Bertz CT molecular complexity index is 470. The first-order valence-corrected chi connectivity index (χ1v) is 5.26. The number of hydrogen-bond donors (Lipinski definition) is 1. The van der Waals surface area contributed by atoms with E-state index >= 15 is 0 Å². The quantitative estimate of drug-likeness (QED) is 0.836. The number of aliphatic hydroxyl groups excluding tert-OH is 1. The van der Waals surface area contributed by atoms with Crippen molar-refractivity contribution in [3.05, 3.63) is 52.0 Å². The predicted molar refractivity (Wildman–Crippen MR) is 57.3 cm³/mol. The molecule has 2 rings (SSSR count). The van der Waals surface area contributed by atoms with Gasteiger partial charge in [0.1, 0.15) is 6.10 Å². The SMILES string of the molecule is N#Cc1ccc(C(O)c2cncs2)cc1. The van der Waals surface area contributed by atoms with Gasteiger partial charge in [-0.2, -0.15) is 5.26 Å². The van der Waals surface area contributed by atoms with Crippen LogP contribution in [0.15, 0.2) is 36.0 Å². The minimum Gasteiger partial charge on any atom is -0.383 e. The number of rotatable bonds is 2. The molecule has 0 amide bonds. The molecular formula is C11H8N2OS. The minimum absolute atomic E-state index is 0.593. The van der Waals surface area contributed by atoms with Gasteiger partial charge in [0.05, 0.1) is 22.0 Å². The highest BCUT2D eigenvalue weighted by Crippen LogP contribution is 2.24. The van der Waals surface area contributed by atoms with Gasteiger partial charge in [0, 0.05) is 6.20 Å². The van der Waals surface area contributed by atoms with Crippen LogP contribution in [-0.2, 0) is 0 Å². The Morgan fingerprint density at radius 1 is 1.33 bits per heavy atom. The van der Waals surface area contributed by atoms with Crippen LogP contribution in [-0.4, -0.2) is 10.1 Å². The molecule has 2 aromatic rings. The molecule has 74 valence electrons. The standard InChI is InChI=1S/C11H8N2OS/c12-5-8-1-3-9(4-2-8)11(14)10-6-13-7-15-10/h1-4,6-7,11,14H. The molecule has 3 nitrogen and oxygen atoms in total. The van der Waals surface area contributed by atoms with E-state index in [1.165, 1.54) is 11.3 Å². The van der Waals surface area contributed by atoms with E-state index in [1.807, 2.05) is 6.07 Å². The molecule has 0 aliphatic rings. The number of nitrogens with zero attached hydrogens (tertiary/aromatic N) is 2. The van der Waals surface area contributed by atoms with Crippen molar-refractivity contribution in [3.8, 4) is 6.07 Å². The zero-order valence-electron chi connectivity index (χ0n) is 7.79. The summed E-state index contributed by atoms with van der Waals surface area (Å²) in [5.41, 5.74) is 3.05. The molecule has 4 heteroatoms. The molecule has 0 fully saturated rings. The summed E-state index contributed by atoms with van der Waals surface area (Å²) in [5.74, 6) is 0. The summed E-state index contributed by atoms with van der Waals surface area (Å²) in [7, 11) is 0. The molecule has 0 saturated heterocycles. The zero-order valence-corrected chi connectivity index (χ0v) is 8.61. The molecule has 0 aliphatic carbocycles. The van der Waals surface area contributed by atoms with E-state index < -0.39 is 6.10 Å². The maximum Gasteiger partial charge on any atom is 0.115 e. The third-order valence-corrected chi connectivity index (χ3v) is 2.90. The average molecular weight is 216 g/mol. The van der Waals surface area contributed by atoms with E-state index in [4.69, 9.17) is 5.26 Å². The molecule has 0 bridgehead atoms. The Labute approximate surface area is 91.3 Å². The zero-order chi connectivity index (χ0) is 10.7. The highest BCUT2D eigenvalue weighted by Gasteiger charge is 2.11. The van der Waals surface area contributed by atoms with Gasteiger partial charge in [0.15, 0.2) is 0 Å². The monoisotopic (exact) mass is 216 g/mol. The number of aliphatic hydroxyl groups is 1. The Morgan fingerprint density at radius 3 is 2.60 bits per heavy atom. The van der Waals surface area contributed by atoms with Gasteiger partial charge in [-0.25, -0.2) is 0 Å². The van der Waals surface area contributed by atoms with Gasteiger partial charge in [0.2, 0.25) is 0 Å². The lowest BCUT2D eigenvalue weighted by molar-refractivity contribution is 0.224. The van der Waals surface area contributed by atoms with E-state index in [2.05, 4.69) is 4.98 Å². The summed E-state index contributed by atoms with van der Waals surface area (Å²) in [6.07, 6.45) is 0.998. The van der Waals surface area contributed by atoms with Gasteiger partial charge in [0.25, 0.3) is 0 Å². The number of thiazole rings is 1. The maximum absolute atomic E-state index is 9.93. The number of benzene rings is 1.